The minimum atomic E-state index is 0.590. The molecule has 3 heterocycles. The molecule has 2 aromatic heterocycles. The Balaban J connectivity index is 1.32. The van der Waals surface area contributed by atoms with Crippen molar-refractivity contribution < 1.29 is 9.47 Å². The number of halogens is 1. The van der Waals surface area contributed by atoms with Gasteiger partial charge >= 0.3 is 0 Å². The van der Waals surface area contributed by atoms with Crippen LogP contribution in [0.2, 0.25) is 5.02 Å². The number of aromatic amines is 1. The second-order valence-corrected chi connectivity index (χ2v) is 9.26. The molecule has 35 heavy (non-hydrogen) atoms. The topological polar surface area (TPSA) is 71.4 Å². The summed E-state index contributed by atoms with van der Waals surface area (Å²) < 4.78 is 13.1. The minimum absolute atomic E-state index is 0.590. The van der Waals surface area contributed by atoms with Gasteiger partial charge in [-0.15, -0.1) is 0 Å². The van der Waals surface area contributed by atoms with E-state index in [4.69, 9.17) is 26.2 Å². The van der Waals surface area contributed by atoms with Crippen molar-refractivity contribution in [2.75, 3.05) is 51.8 Å². The number of rotatable bonds is 8. The van der Waals surface area contributed by atoms with E-state index in [9.17, 15) is 0 Å². The number of nitrogens with one attached hydrogen (secondary N) is 1. The standard InChI is InChI=1S/C26H31ClN6O2/c1-18-21(27)5-4-6-23(18)32-11-9-31(10-12-32)8-7-22-20-13-25(34-2)26(35-3)14-24(20)33(30-22)16-19-15-28-17-29-19/h4-6,13-15,17H,7-12,16H2,1-3H3,(H,28,29). The van der Waals surface area contributed by atoms with Gasteiger partial charge in [0.15, 0.2) is 11.5 Å². The quantitative estimate of drug-likeness (QED) is 0.397. The summed E-state index contributed by atoms with van der Waals surface area (Å²) in [5, 5.41) is 6.90. The summed E-state index contributed by atoms with van der Waals surface area (Å²) in [4.78, 5) is 12.3. The zero-order valence-electron chi connectivity index (χ0n) is 20.4. The predicted octanol–water partition coefficient (Wildman–Crippen LogP) is 4.15. The van der Waals surface area contributed by atoms with Gasteiger partial charge in [-0.05, 0) is 30.7 Å². The molecule has 4 aromatic rings. The minimum Gasteiger partial charge on any atom is -0.493 e. The Kier molecular flexibility index (Phi) is 6.83. The molecule has 0 saturated carbocycles. The number of fused-ring (bicyclic) bond motifs is 1. The Morgan fingerprint density at radius 2 is 1.83 bits per heavy atom. The van der Waals surface area contributed by atoms with Crippen molar-refractivity contribution in [2.45, 2.75) is 19.9 Å². The maximum absolute atomic E-state index is 6.35. The fraction of sp³-hybridized carbons (Fsp3) is 0.385. The van der Waals surface area contributed by atoms with E-state index in [0.29, 0.717) is 18.0 Å². The molecule has 0 bridgehead atoms. The molecule has 5 rings (SSSR count). The van der Waals surface area contributed by atoms with Gasteiger partial charge in [-0.2, -0.15) is 5.10 Å². The van der Waals surface area contributed by atoms with E-state index >= 15 is 0 Å². The van der Waals surface area contributed by atoms with Gasteiger partial charge in [0.2, 0.25) is 0 Å². The van der Waals surface area contributed by atoms with E-state index in [-0.39, 0.29) is 0 Å². The second-order valence-electron chi connectivity index (χ2n) is 8.85. The summed E-state index contributed by atoms with van der Waals surface area (Å²) in [5.41, 5.74) is 5.40. The average Bonchev–Trinajstić information content (AvgIpc) is 3.52. The number of imidazole rings is 1. The number of aromatic nitrogens is 4. The normalized spacial score (nSPS) is 14.6. The van der Waals surface area contributed by atoms with Gasteiger partial charge in [-0.25, -0.2) is 4.98 Å². The Labute approximate surface area is 210 Å². The molecule has 8 nitrogen and oxygen atoms in total. The Morgan fingerprint density at radius 3 is 2.54 bits per heavy atom. The predicted molar refractivity (Wildman–Crippen MR) is 139 cm³/mol. The van der Waals surface area contributed by atoms with Crippen LogP contribution in [0.1, 0.15) is 17.0 Å². The lowest BCUT2D eigenvalue weighted by atomic mass is 10.1. The first-order valence-corrected chi connectivity index (χ1v) is 12.3. The van der Waals surface area contributed by atoms with Gasteiger partial charge in [0.05, 0.1) is 44.0 Å². The van der Waals surface area contributed by atoms with Crippen LogP contribution in [0.15, 0.2) is 42.9 Å². The van der Waals surface area contributed by atoms with E-state index in [1.165, 1.54) is 5.69 Å². The van der Waals surface area contributed by atoms with Crippen LogP contribution in [0, 0.1) is 6.92 Å². The first-order chi connectivity index (χ1) is 17.1. The SMILES string of the molecule is COc1cc2c(CCN3CCN(c4cccc(Cl)c4C)CC3)nn(Cc3c[nH]cn3)c2cc1OC. The number of piperazine rings is 1. The highest BCUT2D eigenvalue weighted by Gasteiger charge is 2.21. The summed E-state index contributed by atoms with van der Waals surface area (Å²) in [6, 6.07) is 10.2. The first-order valence-electron chi connectivity index (χ1n) is 11.9. The molecule has 0 unspecified atom stereocenters. The van der Waals surface area contributed by atoms with Crippen molar-refractivity contribution in [3.05, 3.63) is 64.8 Å². The van der Waals surface area contributed by atoms with Gasteiger partial charge in [-0.1, -0.05) is 17.7 Å². The summed E-state index contributed by atoms with van der Waals surface area (Å²) in [6.07, 6.45) is 4.45. The van der Waals surface area contributed by atoms with Crippen LogP contribution in [-0.2, 0) is 13.0 Å². The fourth-order valence-corrected chi connectivity index (χ4v) is 4.99. The van der Waals surface area contributed by atoms with Gasteiger partial charge in [0, 0.05) is 67.5 Å². The molecule has 1 saturated heterocycles. The highest BCUT2D eigenvalue weighted by molar-refractivity contribution is 6.31. The molecule has 0 spiro atoms. The Morgan fingerprint density at radius 1 is 1.06 bits per heavy atom. The fourth-order valence-electron chi connectivity index (χ4n) is 4.82. The molecule has 0 atom stereocenters. The number of ether oxygens (including phenoxy) is 2. The van der Waals surface area contributed by atoms with E-state index in [1.807, 2.05) is 35.1 Å². The third-order valence-electron chi connectivity index (χ3n) is 6.82. The zero-order valence-corrected chi connectivity index (χ0v) is 21.2. The van der Waals surface area contributed by atoms with E-state index < -0.39 is 0 Å². The molecular weight excluding hydrogens is 464 g/mol. The van der Waals surface area contributed by atoms with Gasteiger partial charge < -0.3 is 19.4 Å². The Hall–Kier alpha value is -3.23. The van der Waals surface area contributed by atoms with Gasteiger partial charge in [0.1, 0.15) is 0 Å². The Bertz CT molecular complexity index is 1300. The van der Waals surface area contributed by atoms with Gasteiger partial charge in [0.25, 0.3) is 0 Å². The number of hydrogen-bond donors (Lipinski definition) is 1. The number of H-pyrrole nitrogens is 1. The molecule has 0 radical (unpaired) electrons. The maximum atomic E-state index is 6.35. The molecule has 0 amide bonds. The maximum Gasteiger partial charge on any atom is 0.162 e. The summed E-state index contributed by atoms with van der Waals surface area (Å²) >= 11 is 6.35. The van der Waals surface area contributed by atoms with Crippen LogP contribution in [0.3, 0.4) is 0 Å². The van der Waals surface area contributed by atoms with Crippen molar-refractivity contribution >= 4 is 28.2 Å². The molecule has 1 aliphatic heterocycles. The van der Waals surface area contributed by atoms with E-state index in [0.717, 1.165) is 72.0 Å². The van der Waals surface area contributed by atoms with Crippen molar-refractivity contribution in [1.82, 2.24) is 24.6 Å². The van der Waals surface area contributed by atoms with Crippen LogP contribution in [0.25, 0.3) is 10.9 Å². The zero-order chi connectivity index (χ0) is 24.4. The second kappa shape index (κ2) is 10.2. The van der Waals surface area contributed by atoms with Crippen LogP contribution < -0.4 is 14.4 Å². The largest absolute Gasteiger partial charge is 0.493 e. The van der Waals surface area contributed by atoms with Crippen molar-refractivity contribution in [2.24, 2.45) is 0 Å². The molecule has 1 fully saturated rings. The monoisotopic (exact) mass is 494 g/mol. The first kappa shape index (κ1) is 23.5. The number of methoxy groups -OCH3 is 2. The number of benzene rings is 2. The van der Waals surface area contributed by atoms with Gasteiger partial charge in [-0.3, -0.25) is 9.58 Å². The number of hydrogen-bond acceptors (Lipinski definition) is 6. The van der Waals surface area contributed by atoms with Crippen molar-refractivity contribution in [3.63, 3.8) is 0 Å². The van der Waals surface area contributed by atoms with Crippen LogP contribution >= 0.6 is 11.6 Å². The lowest BCUT2D eigenvalue weighted by Gasteiger charge is -2.36. The summed E-state index contributed by atoms with van der Waals surface area (Å²) in [5.74, 6) is 1.41. The molecular formula is C26H31ClN6O2. The molecule has 184 valence electrons. The van der Waals surface area contributed by atoms with Crippen molar-refractivity contribution in [1.29, 1.82) is 0 Å². The van der Waals surface area contributed by atoms with Crippen LogP contribution in [0.4, 0.5) is 5.69 Å². The van der Waals surface area contributed by atoms with Crippen molar-refractivity contribution in [3.8, 4) is 11.5 Å². The molecule has 9 heteroatoms. The molecule has 1 N–H and O–H groups in total. The summed E-state index contributed by atoms with van der Waals surface area (Å²) in [7, 11) is 3.32. The van der Waals surface area contributed by atoms with Crippen LogP contribution in [-0.4, -0.2) is 71.6 Å². The molecule has 0 aliphatic carbocycles. The highest BCUT2D eigenvalue weighted by Crippen LogP contribution is 2.34. The van der Waals surface area contributed by atoms with E-state index in [2.05, 4.69) is 32.8 Å². The third kappa shape index (κ3) is 4.81. The summed E-state index contributed by atoms with van der Waals surface area (Å²) in [6.45, 7) is 7.63. The number of anilines is 1. The lowest BCUT2D eigenvalue weighted by Crippen LogP contribution is -2.47. The smallest absolute Gasteiger partial charge is 0.162 e. The van der Waals surface area contributed by atoms with E-state index in [1.54, 1.807) is 20.5 Å². The third-order valence-corrected chi connectivity index (χ3v) is 7.23. The average molecular weight is 495 g/mol. The molecule has 2 aromatic carbocycles. The lowest BCUT2D eigenvalue weighted by molar-refractivity contribution is 0.260. The van der Waals surface area contributed by atoms with Crippen LogP contribution in [0.5, 0.6) is 11.5 Å². The molecule has 1 aliphatic rings. The number of nitrogens with zero attached hydrogens (tertiary/aromatic N) is 5. The highest BCUT2D eigenvalue weighted by atomic mass is 35.5.